The molecule has 0 spiro atoms. The number of hydrogen-bond acceptors (Lipinski definition) is 4. The molecule has 6 heteroatoms. The molecule has 1 aliphatic rings. The van der Waals surface area contributed by atoms with Gasteiger partial charge in [0.15, 0.2) is 0 Å². The fourth-order valence-corrected chi connectivity index (χ4v) is 2.51. The molecule has 1 heterocycles. The average molecular weight is 321 g/mol. The molecular formula is C17H23NO5. The number of carbonyl (C=O) groups is 2. The predicted octanol–water partition coefficient (Wildman–Crippen LogP) is 1.98. The van der Waals surface area contributed by atoms with Crippen molar-refractivity contribution in [3.63, 3.8) is 0 Å². The van der Waals surface area contributed by atoms with Crippen molar-refractivity contribution in [2.45, 2.75) is 44.9 Å². The van der Waals surface area contributed by atoms with Gasteiger partial charge in [-0.1, -0.05) is 12.1 Å². The minimum Gasteiger partial charge on any atom is -0.481 e. The molecule has 2 N–H and O–H groups in total. The molecular weight excluding hydrogens is 298 g/mol. The minimum atomic E-state index is -0.947. The SMILES string of the molecule is CC(C)OCc1ccc(C(=O)NC2(CC(=O)O)CCOC2)cc1. The molecule has 1 unspecified atom stereocenters. The number of nitrogens with one attached hydrogen (secondary N) is 1. The fourth-order valence-electron chi connectivity index (χ4n) is 2.51. The zero-order chi connectivity index (χ0) is 16.9. The van der Waals surface area contributed by atoms with Crippen LogP contribution >= 0.6 is 0 Å². The Hall–Kier alpha value is -1.92. The predicted molar refractivity (Wildman–Crippen MR) is 84.3 cm³/mol. The summed E-state index contributed by atoms with van der Waals surface area (Å²) in [6.07, 6.45) is 0.515. The fraction of sp³-hybridized carbons (Fsp3) is 0.529. The van der Waals surface area contributed by atoms with Crippen LogP contribution in [0.15, 0.2) is 24.3 Å². The van der Waals surface area contributed by atoms with E-state index in [0.717, 1.165) is 5.56 Å². The highest BCUT2D eigenvalue weighted by Gasteiger charge is 2.38. The average Bonchev–Trinajstić information content (AvgIpc) is 2.92. The number of carboxylic acid groups (broad SMARTS) is 1. The van der Waals surface area contributed by atoms with E-state index in [1.54, 1.807) is 12.1 Å². The highest BCUT2D eigenvalue weighted by atomic mass is 16.5. The van der Waals surface area contributed by atoms with Crippen molar-refractivity contribution in [3.8, 4) is 0 Å². The van der Waals surface area contributed by atoms with E-state index in [9.17, 15) is 9.59 Å². The van der Waals surface area contributed by atoms with Crippen LogP contribution in [0.5, 0.6) is 0 Å². The number of carbonyl (C=O) groups excluding carboxylic acids is 1. The van der Waals surface area contributed by atoms with E-state index >= 15 is 0 Å². The summed E-state index contributed by atoms with van der Waals surface area (Å²) in [5, 5.41) is 11.9. The van der Waals surface area contributed by atoms with Crippen molar-refractivity contribution >= 4 is 11.9 Å². The maximum atomic E-state index is 12.4. The maximum Gasteiger partial charge on any atom is 0.305 e. The molecule has 1 aliphatic heterocycles. The van der Waals surface area contributed by atoms with Gasteiger partial charge in [0.1, 0.15) is 0 Å². The first-order valence-electron chi connectivity index (χ1n) is 7.73. The molecule has 0 aliphatic carbocycles. The second-order valence-corrected chi connectivity index (χ2v) is 6.16. The third-order valence-corrected chi connectivity index (χ3v) is 3.77. The molecule has 0 saturated carbocycles. The first kappa shape index (κ1) is 17.4. The Morgan fingerprint density at radius 1 is 1.35 bits per heavy atom. The van der Waals surface area contributed by atoms with Crippen LogP contribution in [0.4, 0.5) is 0 Å². The molecule has 1 aromatic carbocycles. The van der Waals surface area contributed by atoms with Crippen LogP contribution in [0.3, 0.4) is 0 Å². The molecule has 1 aromatic rings. The van der Waals surface area contributed by atoms with Gasteiger partial charge < -0.3 is 19.9 Å². The van der Waals surface area contributed by atoms with Gasteiger partial charge in [0.05, 0.1) is 31.3 Å². The first-order valence-corrected chi connectivity index (χ1v) is 7.73. The monoisotopic (exact) mass is 321 g/mol. The minimum absolute atomic E-state index is 0.140. The maximum absolute atomic E-state index is 12.4. The topological polar surface area (TPSA) is 84.9 Å². The van der Waals surface area contributed by atoms with Crippen molar-refractivity contribution < 1.29 is 24.2 Å². The Morgan fingerprint density at radius 3 is 2.57 bits per heavy atom. The molecule has 1 fully saturated rings. The number of benzene rings is 1. The smallest absolute Gasteiger partial charge is 0.305 e. The van der Waals surface area contributed by atoms with Gasteiger partial charge in [-0.2, -0.15) is 0 Å². The lowest BCUT2D eigenvalue weighted by molar-refractivity contribution is -0.138. The standard InChI is InChI=1S/C17H23NO5/c1-12(2)23-10-13-3-5-14(6-4-13)16(21)18-17(9-15(19)20)7-8-22-11-17/h3-6,12H,7-11H2,1-2H3,(H,18,21)(H,19,20). The van der Waals surface area contributed by atoms with Gasteiger partial charge in [-0.05, 0) is 38.0 Å². The lowest BCUT2D eigenvalue weighted by atomic mass is 9.93. The molecule has 1 saturated heterocycles. The third-order valence-electron chi connectivity index (χ3n) is 3.77. The van der Waals surface area contributed by atoms with Gasteiger partial charge in [-0.25, -0.2) is 0 Å². The van der Waals surface area contributed by atoms with E-state index in [-0.39, 0.29) is 25.0 Å². The van der Waals surface area contributed by atoms with Gasteiger partial charge in [0, 0.05) is 12.2 Å². The normalized spacial score (nSPS) is 20.7. The van der Waals surface area contributed by atoms with E-state index < -0.39 is 11.5 Å². The highest BCUT2D eigenvalue weighted by Crippen LogP contribution is 2.23. The second kappa shape index (κ2) is 7.57. The highest BCUT2D eigenvalue weighted by molar-refractivity contribution is 5.95. The number of carboxylic acids is 1. The van der Waals surface area contributed by atoms with Crippen LogP contribution in [0.2, 0.25) is 0 Å². The quantitative estimate of drug-likeness (QED) is 0.802. The lowest BCUT2D eigenvalue weighted by Gasteiger charge is -2.27. The summed E-state index contributed by atoms with van der Waals surface area (Å²) in [7, 11) is 0. The molecule has 2 rings (SSSR count). The van der Waals surface area contributed by atoms with Crippen LogP contribution in [-0.4, -0.2) is 41.8 Å². The number of hydrogen-bond donors (Lipinski definition) is 2. The van der Waals surface area contributed by atoms with E-state index in [4.69, 9.17) is 14.6 Å². The summed E-state index contributed by atoms with van der Waals surface area (Å²) in [4.78, 5) is 23.4. The zero-order valence-corrected chi connectivity index (χ0v) is 13.5. The Kier molecular flexibility index (Phi) is 5.74. The molecule has 0 radical (unpaired) electrons. The Labute approximate surface area is 135 Å². The first-order chi connectivity index (χ1) is 10.9. The van der Waals surface area contributed by atoms with Crippen LogP contribution in [0.25, 0.3) is 0 Å². The van der Waals surface area contributed by atoms with Crippen LogP contribution in [0.1, 0.15) is 42.6 Å². The van der Waals surface area contributed by atoms with Crippen molar-refractivity contribution in [3.05, 3.63) is 35.4 Å². The third kappa shape index (κ3) is 5.04. The number of aliphatic carboxylic acids is 1. The van der Waals surface area contributed by atoms with E-state index in [1.807, 2.05) is 26.0 Å². The molecule has 0 bridgehead atoms. The van der Waals surface area contributed by atoms with Gasteiger partial charge in [-0.15, -0.1) is 0 Å². The second-order valence-electron chi connectivity index (χ2n) is 6.16. The Bertz CT molecular complexity index is 547. The van der Waals surface area contributed by atoms with Crippen LogP contribution in [-0.2, 0) is 20.9 Å². The summed E-state index contributed by atoms with van der Waals surface area (Å²) in [5.41, 5.74) is 0.664. The van der Waals surface area contributed by atoms with Crippen LogP contribution < -0.4 is 5.32 Å². The number of ether oxygens (including phenoxy) is 2. The van der Waals surface area contributed by atoms with Crippen molar-refractivity contribution in [1.82, 2.24) is 5.32 Å². The van der Waals surface area contributed by atoms with E-state index in [0.29, 0.717) is 25.2 Å². The lowest BCUT2D eigenvalue weighted by Crippen LogP contribution is -2.50. The van der Waals surface area contributed by atoms with Crippen molar-refractivity contribution in [1.29, 1.82) is 0 Å². The van der Waals surface area contributed by atoms with Crippen molar-refractivity contribution in [2.24, 2.45) is 0 Å². The number of amides is 1. The number of rotatable bonds is 7. The van der Waals surface area contributed by atoms with E-state index in [1.165, 1.54) is 0 Å². The van der Waals surface area contributed by atoms with Crippen molar-refractivity contribution in [2.75, 3.05) is 13.2 Å². The zero-order valence-electron chi connectivity index (χ0n) is 13.5. The van der Waals surface area contributed by atoms with Gasteiger partial charge in [0.2, 0.25) is 0 Å². The van der Waals surface area contributed by atoms with Gasteiger partial charge >= 0.3 is 5.97 Å². The molecule has 1 atom stereocenters. The molecule has 23 heavy (non-hydrogen) atoms. The summed E-state index contributed by atoms with van der Waals surface area (Å²) in [6, 6.07) is 7.12. The Morgan fingerprint density at radius 2 is 2.04 bits per heavy atom. The van der Waals surface area contributed by atoms with Crippen LogP contribution in [0, 0.1) is 0 Å². The Balaban J connectivity index is 2.00. The summed E-state index contributed by atoms with van der Waals surface area (Å²) < 4.78 is 10.8. The summed E-state index contributed by atoms with van der Waals surface area (Å²) in [5.74, 6) is -1.23. The molecule has 126 valence electrons. The molecule has 6 nitrogen and oxygen atoms in total. The largest absolute Gasteiger partial charge is 0.481 e. The summed E-state index contributed by atoms with van der Waals surface area (Å²) >= 11 is 0. The van der Waals surface area contributed by atoms with Gasteiger partial charge in [-0.3, -0.25) is 9.59 Å². The van der Waals surface area contributed by atoms with E-state index in [2.05, 4.69) is 5.32 Å². The molecule has 0 aromatic heterocycles. The van der Waals surface area contributed by atoms with Gasteiger partial charge in [0.25, 0.3) is 5.91 Å². The molecule has 1 amide bonds. The summed E-state index contributed by atoms with van der Waals surface area (Å²) in [6.45, 7) is 5.11.